The van der Waals surface area contributed by atoms with Crippen LogP contribution in [-0.2, 0) is 4.79 Å². The molecule has 1 aromatic carbocycles. The van der Waals surface area contributed by atoms with Gasteiger partial charge in [-0.15, -0.1) is 0 Å². The van der Waals surface area contributed by atoms with Gasteiger partial charge < -0.3 is 20.8 Å². The van der Waals surface area contributed by atoms with E-state index >= 15 is 0 Å². The van der Waals surface area contributed by atoms with Crippen molar-refractivity contribution >= 4 is 12.1 Å². The number of amides is 1. The quantitative estimate of drug-likeness (QED) is 0.337. The van der Waals surface area contributed by atoms with Crippen LogP contribution in [0.3, 0.4) is 0 Å². The Morgan fingerprint density at radius 3 is 2.76 bits per heavy atom. The van der Waals surface area contributed by atoms with Gasteiger partial charge in [0, 0.05) is 12.6 Å². The summed E-state index contributed by atoms with van der Waals surface area (Å²) in [7, 11) is 0. The number of benzene rings is 1. The van der Waals surface area contributed by atoms with Gasteiger partial charge in [0.25, 0.3) is 0 Å². The van der Waals surface area contributed by atoms with E-state index in [4.69, 9.17) is 0 Å². The summed E-state index contributed by atoms with van der Waals surface area (Å²) in [6.45, 7) is 6.56. The number of nitrogens with one attached hydrogen (secondary N) is 2. The number of hydrogen-bond acceptors (Lipinski definition) is 4. The second kappa shape index (κ2) is 8.44. The fraction of sp³-hybridized carbons (Fsp3) is 0.438. The zero-order chi connectivity index (χ0) is 15.8. The normalized spacial score (nSPS) is 14.6. The number of phenols is 1. The molecule has 0 fully saturated rings. The molecular weight excluding hydrogens is 268 g/mol. The van der Waals surface area contributed by atoms with Gasteiger partial charge in [0.05, 0.1) is 11.8 Å². The van der Waals surface area contributed by atoms with Crippen LogP contribution < -0.4 is 10.6 Å². The van der Waals surface area contributed by atoms with Crippen LogP contribution in [0.25, 0.3) is 0 Å². The molecule has 4 N–H and O–H groups in total. The second-order valence-electron chi connectivity index (χ2n) is 5.20. The van der Waals surface area contributed by atoms with Crippen molar-refractivity contribution in [1.82, 2.24) is 5.32 Å². The molecule has 21 heavy (non-hydrogen) atoms. The minimum atomic E-state index is -0.703. The summed E-state index contributed by atoms with van der Waals surface area (Å²) in [5.74, 6) is -0.0249. The molecular formula is C16H24N2O3. The molecule has 0 aromatic heterocycles. The SMILES string of the molecule is C/C=C(\C)CC(C)NCC(O)c1ccc(O)c(NC=O)c1. The van der Waals surface area contributed by atoms with Gasteiger partial charge in [0.15, 0.2) is 0 Å². The summed E-state index contributed by atoms with van der Waals surface area (Å²) in [6, 6.07) is 4.93. The lowest BCUT2D eigenvalue weighted by atomic mass is 10.1. The zero-order valence-electron chi connectivity index (χ0n) is 12.8. The molecule has 5 nitrogen and oxygen atoms in total. The van der Waals surface area contributed by atoms with Gasteiger partial charge in [0.1, 0.15) is 5.75 Å². The van der Waals surface area contributed by atoms with Crippen molar-refractivity contribution in [1.29, 1.82) is 0 Å². The van der Waals surface area contributed by atoms with Crippen LogP contribution in [0.2, 0.25) is 0 Å². The molecule has 116 valence electrons. The molecule has 1 rings (SSSR count). The number of aliphatic hydroxyl groups is 1. The Morgan fingerprint density at radius 2 is 2.14 bits per heavy atom. The number of carbonyl (C=O) groups is 1. The monoisotopic (exact) mass is 292 g/mol. The molecule has 5 heteroatoms. The molecule has 0 saturated heterocycles. The van der Waals surface area contributed by atoms with E-state index in [1.807, 2.05) is 6.92 Å². The van der Waals surface area contributed by atoms with Gasteiger partial charge in [-0.3, -0.25) is 4.79 Å². The van der Waals surface area contributed by atoms with Crippen molar-refractivity contribution in [2.24, 2.45) is 0 Å². The van der Waals surface area contributed by atoms with Gasteiger partial charge in [0.2, 0.25) is 6.41 Å². The first-order valence-corrected chi connectivity index (χ1v) is 7.04. The van der Waals surface area contributed by atoms with Crippen LogP contribution in [-0.4, -0.2) is 29.2 Å². The van der Waals surface area contributed by atoms with Crippen molar-refractivity contribution in [2.75, 3.05) is 11.9 Å². The Morgan fingerprint density at radius 1 is 1.43 bits per heavy atom. The number of phenolic OH excluding ortho intramolecular Hbond substituents is 1. The average molecular weight is 292 g/mol. The largest absolute Gasteiger partial charge is 0.506 e. The fourth-order valence-corrected chi connectivity index (χ4v) is 2.04. The highest BCUT2D eigenvalue weighted by molar-refractivity contribution is 5.75. The highest BCUT2D eigenvalue weighted by Gasteiger charge is 2.12. The van der Waals surface area contributed by atoms with Gasteiger partial charge in [-0.25, -0.2) is 0 Å². The molecule has 0 bridgehead atoms. The number of carbonyl (C=O) groups excluding carboxylic acids is 1. The van der Waals surface area contributed by atoms with Crippen molar-refractivity contribution in [3.8, 4) is 5.75 Å². The highest BCUT2D eigenvalue weighted by Crippen LogP contribution is 2.26. The van der Waals surface area contributed by atoms with Crippen LogP contribution in [0.5, 0.6) is 5.75 Å². The summed E-state index contributed by atoms with van der Waals surface area (Å²) in [4.78, 5) is 10.5. The number of anilines is 1. The minimum absolute atomic E-state index is 0.0249. The van der Waals surface area contributed by atoms with E-state index in [0.717, 1.165) is 6.42 Å². The van der Waals surface area contributed by atoms with Crippen LogP contribution in [0.1, 0.15) is 38.9 Å². The van der Waals surface area contributed by atoms with E-state index in [-0.39, 0.29) is 11.8 Å². The third-order valence-electron chi connectivity index (χ3n) is 3.40. The predicted octanol–water partition coefficient (Wildman–Crippen LogP) is 2.33. The van der Waals surface area contributed by atoms with Crippen LogP contribution in [0.15, 0.2) is 29.8 Å². The molecule has 2 unspecified atom stereocenters. The molecule has 0 saturated carbocycles. The number of allylic oxidation sites excluding steroid dienone is 1. The topological polar surface area (TPSA) is 81.6 Å². The first-order valence-electron chi connectivity index (χ1n) is 7.04. The Balaban J connectivity index is 2.61. The summed E-state index contributed by atoms with van der Waals surface area (Å²) in [5.41, 5.74) is 2.23. The van der Waals surface area contributed by atoms with Crippen molar-refractivity contribution in [3.05, 3.63) is 35.4 Å². The smallest absolute Gasteiger partial charge is 0.211 e. The molecule has 2 atom stereocenters. The maximum absolute atomic E-state index is 10.5. The Kier molecular flexibility index (Phi) is 6.91. The van der Waals surface area contributed by atoms with Crippen molar-refractivity contribution in [3.63, 3.8) is 0 Å². The lowest BCUT2D eigenvalue weighted by Crippen LogP contribution is -2.30. The third-order valence-corrected chi connectivity index (χ3v) is 3.40. The van der Waals surface area contributed by atoms with Crippen LogP contribution >= 0.6 is 0 Å². The predicted molar refractivity (Wildman–Crippen MR) is 84.3 cm³/mol. The Bertz CT molecular complexity index is 500. The van der Waals surface area contributed by atoms with Gasteiger partial charge in [-0.2, -0.15) is 0 Å². The zero-order valence-corrected chi connectivity index (χ0v) is 12.8. The third kappa shape index (κ3) is 5.57. The van der Waals surface area contributed by atoms with E-state index in [0.29, 0.717) is 24.2 Å². The van der Waals surface area contributed by atoms with E-state index in [1.165, 1.54) is 11.6 Å². The molecule has 0 heterocycles. The molecule has 0 spiro atoms. The lowest BCUT2D eigenvalue weighted by molar-refractivity contribution is -0.105. The number of hydrogen-bond donors (Lipinski definition) is 4. The molecule has 0 aliphatic rings. The molecule has 1 amide bonds. The van der Waals surface area contributed by atoms with E-state index in [1.54, 1.807) is 12.1 Å². The fourth-order valence-electron chi connectivity index (χ4n) is 2.04. The van der Waals surface area contributed by atoms with E-state index in [2.05, 4.69) is 30.6 Å². The number of aromatic hydroxyl groups is 1. The van der Waals surface area contributed by atoms with Crippen molar-refractivity contribution in [2.45, 2.75) is 39.3 Å². The standard InChI is InChI=1S/C16H24N2O3/c1-4-11(2)7-12(3)17-9-16(21)13-5-6-15(20)14(8-13)18-10-19/h4-6,8,10,12,16-17,20-21H,7,9H2,1-3H3,(H,18,19)/b11-4+. The summed E-state index contributed by atoms with van der Waals surface area (Å²) in [5, 5.41) is 25.4. The number of rotatable bonds is 8. The summed E-state index contributed by atoms with van der Waals surface area (Å²) < 4.78 is 0. The van der Waals surface area contributed by atoms with E-state index < -0.39 is 6.10 Å². The van der Waals surface area contributed by atoms with Gasteiger partial charge >= 0.3 is 0 Å². The molecule has 0 aliphatic heterocycles. The van der Waals surface area contributed by atoms with E-state index in [9.17, 15) is 15.0 Å². The summed E-state index contributed by atoms with van der Waals surface area (Å²) in [6.07, 6.45) is 2.79. The van der Waals surface area contributed by atoms with Gasteiger partial charge in [-0.05, 0) is 44.9 Å². The minimum Gasteiger partial charge on any atom is -0.506 e. The highest BCUT2D eigenvalue weighted by atomic mass is 16.3. The maximum Gasteiger partial charge on any atom is 0.211 e. The summed E-state index contributed by atoms with van der Waals surface area (Å²) >= 11 is 0. The van der Waals surface area contributed by atoms with Crippen LogP contribution in [0, 0.1) is 0 Å². The van der Waals surface area contributed by atoms with Gasteiger partial charge in [-0.1, -0.05) is 17.7 Å². The maximum atomic E-state index is 10.5. The Labute approximate surface area is 125 Å². The van der Waals surface area contributed by atoms with Crippen molar-refractivity contribution < 1.29 is 15.0 Å². The Hall–Kier alpha value is -1.85. The molecule has 0 aliphatic carbocycles. The lowest BCUT2D eigenvalue weighted by Gasteiger charge is -2.18. The molecule has 0 radical (unpaired) electrons. The first kappa shape index (κ1) is 17.2. The second-order valence-corrected chi connectivity index (χ2v) is 5.20. The average Bonchev–Trinajstić information content (AvgIpc) is 2.47. The number of aliphatic hydroxyl groups excluding tert-OH is 1. The molecule has 1 aromatic rings. The first-order chi connectivity index (χ1) is 9.97. The van der Waals surface area contributed by atoms with Crippen LogP contribution in [0.4, 0.5) is 5.69 Å².